The molecular formula is C11H21NOS. The van der Waals surface area contributed by atoms with Crippen LogP contribution in [-0.2, 0) is 4.79 Å². The van der Waals surface area contributed by atoms with Crippen LogP contribution in [0.4, 0.5) is 0 Å². The molecule has 1 atom stereocenters. The summed E-state index contributed by atoms with van der Waals surface area (Å²) in [5.74, 6) is 0.414. The van der Waals surface area contributed by atoms with Crippen LogP contribution in [0.15, 0.2) is 0 Å². The van der Waals surface area contributed by atoms with E-state index in [2.05, 4.69) is 17.9 Å². The van der Waals surface area contributed by atoms with E-state index in [9.17, 15) is 4.79 Å². The molecule has 3 heteroatoms. The minimum Gasteiger partial charge on any atom is -0.352 e. The zero-order valence-electron chi connectivity index (χ0n) is 9.12. The van der Waals surface area contributed by atoms with Crippen LogP contribution in [0.2, 0.25) is 0 Å². The van der Waals surface area contributed by atoms with Gasteiger partial charge in [-0.3, -0.25) is 4.79 Å². The van der Waals surface area contributed by atoms with E-state index >= 15 is 0 Å². The Bertz CT molecular complexity index is 188. The summed E-state index contributed by atoms with van der Waals surface area (Å²) in [6, 6.07) is 0.407. The van der Waals surface area contributed by atoms with Gasteiger partial charge in [0, 0.05) is 6.04 Å². The normalized spacial score (nSPS) is 20.9. The Morgan fingerprint density at radius 3 is 2.36 bits per heavy atom. The van der Waals surface area contributed by atoms with E-state index in [-0.39, 0.29) is 11.2 Å². The average Bonchev–Trinajstić information content (AvgIpc) is 2.18. The number of hydrogen-bond donors (Lipinski definition) is 2. The van der Waals surface area contributed by atoms with Crippen LogP contribution in [0.5, 0.6) is 0 Å². The monoisotopic (exact) mass is 215 g/mol. The maximum atomic E-state index is 11.7. The van der Waals surface area contributed by atoms with E-state index in [1.54, 1.807) is 0 Å². The molecule has 14 heavy (non-hydrogen) atoms. The van der Waals surface area contributed by atoms with Gasteiger partial charge in [0.1, 0.15) is 0 Å². The van der Waals surface area contributed by atoms with Crippen molar-refractivity contribution in [3.63, 3.8) is 0 Å². The Morgan fingerprint density at radius 1 is 1.29 bits per heavy atom. The Balaban J connectivity index is 2.31. The molecule has 82 valence electrons. The second-order valence-corrected chi connectivity index (χ2v) is 5.09. The molecule has 0 aromatic heterocycles. The lowest BCUT2D eigenvalue weighted by Crippen LogP contribution is -2.42. The van der Waals surface area contributed by atoms with Crippen LogP contribution < -0.4 is 5.32 Å². The molecule has 0 radical (unpaired) electrons. The number of nitrogens with one attached hydrogen (secondary N) is 1. The fraction of sp³-hybridized carbons (Fsp3) is 0.909. The number of hydrogen-bond acceptors (Lipinski definition) is 2. The van der Waals surface area contributed by atoms with E-state index in [0.717, 1.165) is 12.8 Å². The molecule has 0 spiro atoms. The van der Waals surface area contributed by atoms with Crippen molar-refractivity contribution in [1.82, 2.24) is 5.32 Å². The summed E-state index contributed by atoms with van der Waals surface area (Å²) in [5.41, 5.74) is 0. The van der Waals surface area contributed by atoms with Gasteiger partial charge in [0.05, 0.1) is 5.25 Å². The Kier molecular flexibility index (Phi) is 4.79. The molecule has 1 aliphatic carbocycles. The lowest BCUT2D eigenvalue weighted by molar-refractivity contribution is -0.122. The van der Waals surface area contributed by atoms with Crippen molar-refractivity contribution in [3.05, 3.63) is 0 Å². The lowest BCUT2D eigenvalue weighted by atomic mass is 9.95. The standard InChI is InChI=1S/C11H21NOS/c1-8(2)10(14)11(13)12-9-6-4-3-5-7-9/h8-10,14H,3-7H2,1-2H3,(H,12,13). The molecule has 1 rings (SSSR count). The Hall–Kier alpha value is -0.180. The molecular weight excluding hydrogens is 194 g/mol. The van der Waals surface area contributed by atoms with Gasteiger partial charge in [-0.2, -0.15) is 12.6 Å². The minimum atomic E-state index is -0.156. The van der Waals surface area contributed by atoms with Crippen molar-refractivity contribution < 1.29 is 4.79 Å². The van der Waals surface area contributed by atoms with E-state index in [1.165, 1.54) is 19.3 Å². The molecule has 0 bridgehead atoms. The third-order valence-corrected chi connectivity index (χ3v) is 3.68. The smallest absolute Gasteiger partial charge is 0.233 e. The fourth-order valence-corrected chi connectivity index (χ4v) is 1.91. The van der Waals surface area contributed by atoms with E-state index in [1.807, 2.05) is 13.8 Å². The first-order valence-electron chi connectivity index (χ1n) is 5.59. The van der Waals surface area contributed by atoms with Crippen molar-refractivity contribution in [1.29, 1.82) is 0 Å². The quantitative estimate of drug-likeness (QED) is 0.695. The molecule has 1 N–H and O–H groups in total. The Morgan fingerprint density at radius 2 is 1.86 bits per heavy atom. The molecule has 0 saturated heterocycles. The SMILES string of the molecule is CC(C)C(S)C(=O)NC1CCCCC1. The zero-order chi connectivity index (χ0) is 10.6. The average molecular weight is 215 g/mol. The van der Waals surface area contributed by atoms with Crippen LogP contribution >= 0.6 is 12.6 Å². The molecule has 1 saturated carbocycles. The van der Waals surface area contributed by atoms with Gasteiger partial charge in [-0.1, -0.05) is 33.1 Å². The third-order valence-electron chi connectivity index (χ3n) is 2.85. The number of amides is 1. The van der Waals surface area contributed by atoms with Gasteiger partial charge in [0.25, 0.3) is 0 Å². The summed E-state index contributed by atoms with van der Waals surface area (Å²) in [6.07, 6.45) is 6.11. The molecule has 1 unspecified atom stereocenters. The zero-order valence-corrected chi connectivity index (χ0v) is 10.0. The van der Waals surface area contributed by atoms with Crippen LogP contribution in [0.25, 0.3) is 0 Å². The van der Waals surface area contributed by atoms with Crippen LogP contribution in [0.3, 0.4) is 0 Å². The minimum absolute atomic E-state index is 0.107. The topological polar surface area (TPSA) is 29.1 Å². The van der Waals surface area contributed by atoms with E-state index < -0.39 is 0 Å². The highest BCUT2D eigenvalue weighted by atomic mass is 32.1. The predicted molar refractivity (Wildman–Crippen MR) is 62.6 cm³/mol. The first-order chi connectivity index (χ1) is 6.61. The molecule has 1 amide bonds. The van der Waals surface area contributed by atoms with Gasteiger partial charge in [0.15, 0.2) is 0 Å². The van der Waals surface area contributed by atoms with Crippen molar-refractivity contribution in [2.75, 3.05) is 0 Å². The number of carbonyl (C=O) groups excluding carboxylic acids is 1. The van der Waals surface area contributed by atoms with Crippen molar-refractivity contribution in [2.45, 2.75) is 57.2 Å². The van der Waals surface area contributed by atoms with Gasteiger partial charge in [-0.05, 0) is 18.8 Å². The van der Waals surface area contributed by atoms with E-state index in [0.29, 0.717) is 12.0 Å². The van der Waals surface area contributed by atoms with Gasteiger partial charge in [0.2, 0.25) is 5.91 Å². The van der Waals surface area contributed by atoms with Gasteiger partial charge < -0.3 is 5.32 Å². The van der Waals surface area contributed by atoms with Crippen molar-refractivity contribution in [2.24, 2.45) is 5.92 Å². The Labute approximate surface area is 92.2 Å². The summed E-state index contributed by atoms with van der Waals surface area (Å²) < 4.78 is 0. The van der Waals surface area contributed by atoms with Gasteiger partial charge in [-0.15, -0.1) is 0 Å². The highest BCUT2D eigenvalue weighted by Crippen LogP contribution is 2.18. The second-order valence-electron chi connectivity index (χ2n) is 4.53. The summed E-state index contributed by atoms with van der Waals surface area (Å²) in [7, 11) is 0. The largest absolute Gasteiger partial charge is 0.352 e. The highest BCUT2D eigenvalue weighted by molar-refractivity contribution is 7.81. The highest BCUT2D eigenvalue weighted by Gasteiger charge is 2.21. The summed E-state index contributed by atoms with van der Waals surface area (Å²) >= 11 is 4.31. The van der Waals surface area contributed by atoms with Gasteiger partial charge in [-0.25, -0.2) is 0 Å². The molecule has 0 aromatic carbocycles. The molecule has 2 nitrogen and oxygen atoms in total. The van der Waals surface area contributed by atoms with Crippen LogP contribution in [-0.4, -0.2) is 17.2 Å². The lowest BCUT2D eigenvalue weighted by Gasteiger charge is -2.25. The van der Waals surface area contributed by atoms with Crippen molar-refractivity contribution in [3.8, 4) is 0 Å². The fourth-order valence-electron chi connectivity index (χ4n) is 1.84. The number of carbonyl (C=O) groups is 1. The maximum Gasteiger partial charge on any atom is 0.233 e. The van der Waals surface area contributed by atoms with Crippen LogP contribution in [0.1, 0.15) is 46.0 Å². The molecule has 1 aliphatic rings. The van der Waals surface area contributed by atoms with Gasteiger partial charge >= 0.3 is 0 Å². The number of thiol groups is 1. The third kappa shape index (κ3) is 3.52. The summed E-state index contributed by atoms with van der Waals surface area (Å²) in [6.45, 7) is 4.05. The molecule has 1 fully saturated rings. The number of rotatable bonds is 3. The maximum absolute atomic E-state index is 11.7. The van der Waals surface area contributed by atoms with Crippen LogP contribution in [0, 0.1) is 5.92 Å². The van der Waals surface area contributed by atoms with E-state index in [4.69, 9.17) is 0 Å². The summed E-state index contributed by atoms with van der Waals surface area (Å²) in [4.78, 5) is 11.7. The molecule has 0 heterocycles. The molecule has 0 aliphatic heterocycles. The molecule has 0 aromatic rings. The van der Waals surface area contributed by atoms with Crippen molar-refractivity contribution >= 4 is 18.5 Å². The summed E-state index contributed by atoms with van der Waals surface area (Å²) in [5, 5.41) is 2.93. The second kappa shape index (κ2) is 5.64. The predicted octanol–water partition coefficient (Wildman–Crippen LogP) is 2.39. The first-order valence-corrected chi connectivity index (χ1v) is 6.11. The first kappa shape index (κ1) is 11.9.